The minimum atomic E-state index is -1.09. The van der Waals surface area contributed by atoms with E-state index in [4.69, 9.17) is 14.2 Å². The number of esters is 2. The molecule has 0 radical (unpaired) electrons. The lowest BCUT2D eigenvalue weighted by atomic mass is 9.67. The normalized spacial score (nSPS) is 20.2. The highest BCUT2D eigenvalue weighted by Crippen LogP contribution is 2.49. The van der Waals surface area contributed by atoms with Crippen LogP contribution in [0.1, 0.15) is 64.0 Å². The number of rotatable bonds is 10. The predicted octanol–water partition coefficient (Wildman–Crippen LogP) is 5.26. The lowest BCUT2D eigenvalue weighted by Crippen LogP contribution is -2.43. The Bertz CT molecular complexity index is 1360. The minimum Gasteiger partial charge on any atom is -0.496 e. The Balaban J connectivity index is 1.90. The molecule has 0 aromatic heterocycles. The Kier molecular flexibility index (Phi) is 9.53. The number of benzene rings is 2. The van der Waals surface area contributed by atoms with Gasteiger partial charge in [-0.05, 0) is 70.4 Å². The van der Waals surface area contributed by atoms with Gasteiger partial charge in [0.2, 0.25) is 0 Å². The number of methoxy groups -OCH3 is 1. The third-order valence-corrected chi connectivity index (χ3v) is 7.95. The molecule has 0 bridgehead atoms. The molecule has 3 unspecified atom stereocenters. The number of allylic oxidation sites excluding steroid dienone is 3. The van der Waals surface area contributed by atoms with Crippen molar-refractivity contribution >= 4 is 23.4 Å². The van der Waals surface area contributed by atoms with E-state index in [2.05, 4.69) is 24.1 Å². The van der Waals surface area contributed by atoms with Crippen LogP contribution >= 0.6 is 0 Å². The first kappa shape index (κ1) is 29.9. The van der Waals surface area contributed by atoms with Crippen molar-refractivity contribution in [2.45, 2.75) is 52.9 Å². The van der Waals surface area contributed by atoms with Crippen LogP contribution in [0, 0.1) is 5.92 Å². The fourth-order valence-electron chi connectivity index (χ4n) is 6.08. The van der Waals surface area contributed by atoms with Crippen LogP contribution in [0.3, 0.4) is 0 Å². The van der Waals surface area contributed by atoms with Crippen molar-refractivity contribution in [3.05, 3.63) is 82.2 Å². The zero-order valence-corrected chi connectivity index (χ0v) is 24.8. The monoisotopic (exact) mass is 560 g/mol. The van der Waals surface area contributed by atoms with Crippen LogP contribution in [0.4, 0.5) is 5.69 Å². The molecule has 2 aliphatic rings. The third kappa shape index (κ3) is 5.73. The molecule has 1 aliphatic carbocycles. The molecule has 8 heteroatoms. The number of nitrogens with zero attached hydrogens (tertiary/aromatic N) is 1. The number of carbonyl (C=O) groups is 3. The highest BCUT2D eigenvalue weighted by Gasteiger charge is 2.49. The molecule has 41 heavy (non-hydrogen) atoms. The third-order valence-electron chi connectivity index (χ3n) is 7.95. The van der Waals surface area contributed by atoms with E-state index < -0.39 is 29.7 Å². The van der Waals surface area contributed by atoms with Crippen LogP contribution < -0.4 is 15.0 Å². The molecule has 1 heterocycles. The van der Waals surface area contributed by atoms with Gasteiger partial charge in [-0.1, -0.05) is 30.3 Å². The van der Waals surface area contributed by atoms with Crippen molar-refractivity contribution < 1.29 is 28.6 Å². The minimum absolute atomic E-state index is 0.148. The molecular weight excluding hydrogens is 520 g/mol. The van der Waals surface area contributed by atoms with Crippen molar-refractivity contribution in [3.8, 4) is 5.75 Å². The maximum Gasteiger partial charge on any atom is 0.336 e. The van der Waals surface area contributed by atoms with E-state index in [1.807, 2.05) is 55.5 Å². The zero-order valence-electron chi connectivity index (χ0n) is 24.8. The lowest BCUT2D eigenvalue weighted by molar-refractivity contribution is -0.152. The topological polar surface area (TPSA) is 94.2 Å². The number of para-hydroxylation sites is 1. The number of carbonyl (C=O) groups excluding carboxylic acids is 3. The molecule has 3 atom stereocenters. The van der Waals surface area contributed by atoms with E-state index in [9.17, 15) is 14.4 Å². The van der Waals surface area contributed by atoms with Gasteiger partial charge in [0, 0.05) is 47.6 Å². The van der Waals surface area contributed by atoms with Gasteiger partial charge in [0.25, 0.3) is 0 Å². The quantitative estimate of drug-likeness (QED) is 0.311. The summed E-state index contributed by atoms with van der Waals surface area (Å²) in [5.74, 6) is -3.13. The Hall–Kier alpha value is -4.07. The fraction of sp³-hybridized carbons (Fsp3) is 0.424. The summed E-state index contributed by atoms with van der Waals surface area (Å²) in [6, 6.07) is 15.4. The first-order valence-corrected chi connectivity index (χ1v) is 14.4. The molecule has 8 nitrogen and oxygen atoms in total. The Morgan fingerprint density at radius 2 is 1.61 bits per heavy atom. The summed E-state index contributed by atoms with van der Waals surface area (Å²) in [6.45, 7) is 11.6. The number of hydrogen-bond acceptors (Lipinski definition) is 8. The van der Waals surface area contributed by atoms with E-state index in [0.29, 0.717) is 34.7 Å². The molecule has 0 amide bonds. The maximum atomic E-state index is 14.5. The number of dihydropyridines is 1. The average molecular weight is 561 g/mol. The molecule has 4 rings (SSSR count). The first-order chi connectivity index (χ1) is 19.8. The molecule has 0 spiro atoms. The summed E-state index contributed by atoms with van der Waals surface area (Å²) >= 11 is 0. The van der Waals surface area contributed by atoms with Gasteiger partial charge in [-0.15, -0.1) is 0 Å². The van der Waals surface area contributed by atoms with Crippen LogP contribution in [-0.2, 0) is 23.9 Å². The highest BCUT2D eigenvalue weighted by atomic mass is 16.5. The van der Waals surface area contributed by atoms with Gasteiger partial charge in [0.15, 0.2) is 5.78 Å². The Labute approximate surface area is 242 Å². The van der Waals surface area contributed by atoms with Crippen LogP contribution in [0.15, 0.2) is 71.1 Å². The summed E-state index contributed by atoms with van der Waals surface area (Å²) in [4.78, 5) is 43.5. The van der Waals surface area contributed by atoms with Crippen LogP contribution in [0.2, 0.25) is 0 Å². The van der Waals surface area contributed by atoms with Crippen molar-refractivity contribution in [3.63, 3.8) is 0 Å². The van der Waals surface area contributed by atoms with Crippen molar-refractivity contribution in [1.82, 2.24) is 5.32 Å². The highest BCUT2D eigenvalue weighted by molar-refractivity contribution is 6.13. The number of ether oxygens (including phenoxy) is 3. The van der Waals surface area contributed by atoms with Crippen molar-refractivity contribution in [2.24, 2.45) is 5.92 Å². The van der Waals surface area contributed by atoms with Gasteiger partial charge in [-0.25, -0.2) is 4.79 Å². The second-order valence-electron chi connectivity index (χ2n) is 10.1. The van der Waals surface area contributed by atoms with Gasteiger partial charge in [0.1, 0.15) is 11.7 Å². The van der Waals surface area contributed by atoms with Gasteiger partial charge >= 0.3 is 11.9 Å². The van der Waals surface area contributed by atoms with Crippen molar-refractivity contribution in [2.75, 3.05) is 38.3 Å². The molecule has 2 aromatic rings. The second kappa shape index (κ2) is 13.1. The van der Waals surface area contributed by atoms with E-state index >= 15 is 0 Å². The second-order valence-corrected chi connectivity index (χ2v) is 10.1. The molecule has 1 aliphatic heterocycles. The average Bonchev–Trinajstić information content (AvgIpc) is 2.97. The van der Waals surface area contributed by atoms with E-state index in [-0.39, 0.29) is 19.0 Å². The molecule has 218 valence electrons. The molecule has 2 aromatic carbocycles. The molecule has 0 saturated carbocycles. The molecule has 0 saturated heterocycles. The Morgan fingerprint density at radius 3 is 2.22 bits per heavy atom. The van der Waals surface area contributed by atoms with E-state index in [1.165, 1.54) is 0 Å². The van der Waals surface area contributed by atoms with Crippen LogP contribution in [0.25, 0.3) is 0 Å². The van der Waals surface area contributed by atoms with Gasteiger partial charge < -0.3 is 24.4 Å². The van der Waals surface area contributed by atoms with Crippen molar-refractivity contribution in [1.29, 1.82) is 0 Å². The van der Waals surface area contributed by atoms with Gasteiger partial charge in [-0.2, -0.15) is 0 Å². The zero-order chi connectivity index (χ0) is 29.7. The van der Waals surface area contributed by atoms with E-state index in [1.54, 1.807) is 21.0 Å². The molecule has 0 fully saturated rings. The number of Topliss-reactive ketones (excluding diaryl/α,β-unsaturated/α-hetero) is 1. The fourth-order valence-corrected chi connectivity index (χ4v) is 6.08. The predicted molar refractivity (Wildman–Crippen MR) is 158 cm³/mol. The largest absolute Gasteiger partial charge is 0.496 e. The summed E-state index contributed by atoms with van der Waals surface area (Å²) in [7, 11) is 1.57. The summed E-state index contributed by atoms with van der Waals surface area (Å²) < 4.78 is 16.5. The number of hydrogen-bond donors (Lipinski definition) is 1. The SMILES string of the molecule is CCOC(=O)C1=C(C)NC2=C(C(=O)C(C(=O)OCC)C(c3ccccc3OC)C2)C1c1ccc(N(CC)CC)cc1. The van der Waals surface area contributed by atoms with Crippen LogP contribution in [-0.4, -0.2) is 51.1 Å². The van der Waals surface area contributed by atoms with Crippen LogP contribution in [0.5, 0.6) is 5.75 Å². The molecular formula is C33H40N2O6. The maximum absolute atomic E-state index is 14.5. The lowest BCUT2D eigenvalue weighted by Gasteiger charge is -2.39. The first-order valence-electron chi connectivity index (χ1n) is 14.4. The van der Waals surface area contributed by atoms with Gasteiger partial charge in [0.05, 0.1) is 25.9 Å². The number of ketones is 1. The number of anilines is 1. The molecule has 1 N–H and O–H groups in total. The van der Waals surface area contributed by atoms with Gasteiger partial charge in [-0.3, -0.25) is 9.59 Å². The summed E-state index contributed by atoms with van der Waals surface area (Å²) in [5, 5.41) is 3.35. The smallest absolute Gasteiger partial charge is 0.336 e. The Morgan fingerprint density at radius 1 is 0.951 bits per heavy atom. The summed E-state index contributed by atoms with van der Waals surface area (Å²) in [6.07, 6.45) is 0.367. The summed E-state index contributed by atoms with van der Waals surface area (Å²) in [5.41, 5.74) is 4.68. The van der Waals surface area contributed by atoms with E-state index in [0.717, 1.165) is 29.9 Å². The number of nitrogens with one attached hydrogen (secondary N) is 1. The standard InChI is InChI=1S/C33H40N2O6/c1-7-35(8-2)22-17-15-21(16-18-22)28-27(32(37)40-9-3)20(5)34-25-19-24(23-13-11-12-14-26(23)39-6)29(31(36)30(25)28)33(38)41-10-4/h11-18,24,28-29,34H,7-10,19H2,1-6H3.